The second kappa shape index (κ2) is 11.8. The van der Waals surface area contributed by atoms with Crippen LogP contribution >= 0.6 is 23.2 Å². The van der Waals surface area contributed by atoms with Gasteiger partial charge in [-0.2, -0.15) is 0 Å². The minimum atomic E-state index is -3.26. The van der Waals surface area contributed by atoms with Crippen molar-refractivity contribution in [3.63, 3.8) is 0 Å². The van der Waals surface area contributed by atoms with Crippen LogP contribution in [0.5, 0.6) is 17.2 Å². The molecule has 1 saturated heterocycles. The lowest BCUT2D eigenvalue weighted by molar-refractivity contribution is -0.117. The number of rotatable bonds is 9. The van der Waals surface area contributed by atoms with Crippen molar-refractivity contribution < 1.29 is 22.7 Å². The Bertz CT molecular complexity index is 1150. The predicted molar refractivity (Wildman–Crippen MR) is 141 cm³/mol. The molecule has 1 amide bonds. The molecule has 7 nitrogen and oxygen atoms in total. The van der Waals surface area contributed by atoms with Crippen molar-refractivity contribution in [2.75, 3.05) is 31.3 Å². The van der Waals surface area contributed by atoms with Crippen LogP contribution in [0.25, 0.3) is 0 Å². The van der Waals surface area contributed by atoms with E-state index in [1.165, 1.54) is 4.31 Å². The van der Waals surface area contributed by atoms with Gasteiger partial charge in [0, 0.05) is 30.8 Å². The molecule has 2 aromatic rings. The van der Waals surface area contributed by atoms with Crippen molar-refractivity contribution in [1.29, 1.82) is 0 Å². The first-order valence-electron chi connectivity index (χ1n) is 11.7. The van der Waals surface area contributed by atoms with Gasteiger partial charge in [0.25, 0.3) is 0 Å². The van der Waals surface area contributed by atoms with Crippen molar-refractivity contribution in [2.24, 2.45) is 5.92 Å². The first-order chi connectivity index (χ1) is 16.5. The molecule has 0 unspecified atom stereocenters. The molecule has 10 heteroatoms. The summed E-state index contributed by atoms with van der Waals surface area (Å²) < 4.78 is 37.2. The lowest BCUT2D eigenvalue weighted by Gasteiger charge is -2.31. The molecule has 3 rings (SSSR count). The molecule has 1 aliphatic heterocycles. The molecule has 192 valence electrons. The molecule has 0 bridgehead atoms. The van der Waals surface area contributed by atoms with Gasteiger partial charge in [-0.05, 0) is 61.9 Å². The number of benzene rings is 2. The quantitative estimate of drug-likeness (QED) is 0.401. The van der Waals surface area contributed by atoms with E-state index in [1.54, 1.807) is 32.2 Å². The summed E-state index contributed by atoms with van der Waals surface area (Å²) in [5.41, 5.74) is 1.44. The Morgan fingerprint density at radius 3 is 2.49 bits per heavy atom. The highest BCUT2D eigenvalue weighted by Crippen LogP contribution is 2.40. The number of methoxy groups -OCH3 is 1. The molecule has 1 fully saturated rings. The fraction of sp³-hybridized carbons (Fsp3) is 0.480. The van der Waals surface area contributed by atoms with Crippen LogP contribution in [0, 0.1) is 5.92 Å². The van der Waals surface area contributed by atoms with E-state index in [4.69, 9.17) is 32.7 Å². The standard InChI is InChI=1S/C25H32Cl2N2O5S/c1-5-35(31,32)29-10-6-7-17(15-29)11-24(30)28-18-12-21(26)25(22(27)13-18)34-19-8-9-23(33-4)20(14-19)16(2)3/h8-9,12-14,16-17H,5-7,10-11,15H2,1-4H3,(H,28,30)/t17-/m1/s1. The third kappa shape index (κ3) is 7.03. The average molecular weight is 544 g/mol. The van der Waals surface area contributed by atoms with Gasteiger partial charge in [0.05, 0.1) is 22.9 Å². The van der Waals surface area contributed by atoms with E-state index in [0.29, 0.717) is 30.3 Å². The number of halogens is 2. The van der Waals surface area contributed by atoms with Gasteiger partial charge in [-0.3, -0.25) is 4.79 Å². The number of nitrogens with one attached hydrogen (secondary N) is 1. The number of anilines is 1. The smallest absolute Gasteiger partial charge is 0.224 e. The van der Waals surface area contributed by atoms with E-state index in [0.717, 1.165) is 24.2 Å². The fourth-order valence-electron chi connectivity index (χ4n) is 4.18. The van der Waals surface area contributed by atoms with Gasteiger partial charge in [0.2, 0.25) is 15.9 Å². The summed E-state index contributed by atoms with van der Waals surface area (Å²) in [4.78, 5) is 12.7. The SMILES string of the molecule is CCS(=O)(=O)N1CCC[C@H](CC(=O)Nc2cc(Cl)c(Oc3ccc(OC)c(C(C)C)c3)c(Cl)c2)C1. The van der Waals surface area contributed by atoms with Crippen molar-refractivity contribution >= 4 is 44.8 Å². The Morgan fingerprint density at radius 2 is 1.89 bits per heavy atom. The minimum Gasteiger partial charge on any atom is -0.496 e. The molecule has 35 heavy (non-hydrogen) atoms. The molecular weight excluding hydrogens is 511 g/mol. The molecule has 1 heterocycles. The van der Waals surface area contributed by atoms with Gasteiger partial charge in [-0.15, -0.1) is 0 Å². The van der Waals surface area contributed by atoms with Gasteiger partial charge in [0.15, 0.2) is 5.75 Å². The first kappa shape index (κ1) is 27.6. The Kier molecular flexibility index (Phi) is 9.32. The van der Waals surface area contributed by atoms with Crippen LogP contribution in [0.3, 0.4) is 0 Å². The van der Waals surface area contributed by atoms with E-state index in [1.807, 2.05) is 12.1 Å². The van der Waals surface area contributed by atoms with Crippen LogP contribution in [-0.2, 0) is 14.8 Å². The van der Waals surface area contributed by atoms with Crippen molar-refractivity contribution in [3.8, 4) is 17.2 Å². The maximum Gasteiger partial charge on any atom is 0.224 e. The van der Waals surface area contributed by atoms with Crippen LogP contribution in [0.2, 0.25) is 10.0 Å². The van der Waals surface area contributed by atoms with E-state index in [2.05, 4.69) is 19.2 Å². The number of ether oxygens (including phenoxy) is 2. The third-order valence-corrected chi connectivity index (χ3v) is 8.45. The Labute approximate surface area is 217 Å². The summed E-state index contributed by atoms with van der Waals surface area (Å²) >= 11 is 12.9. The molecule has 0 saturated carbocycles. The normalized spacial score (nSPS) is 16.8. The van der Waals surface area contributed by atoms with Crippen LogP contribution in [0.4, 0.5) is 5.69 Å². The monoisotopic (exact) mass is 542 g/mol. The topological polar surface area (TPSA) is 84.9 Å². The molecule has 0 radical (unpaired) electrons. The number of carbonyl (C=O) groups excluding carboxylic acids is 1. The average Bonchev–Trinajstić information content (AvgIpc) is 2.81. The zero-order chi connectivity index (χ0) is 25.8. The Balaban J connectivity index is 1.68. The van der Waals surface area contributed by atoms with Crippen LogP contribution < -0.4 is 14.8 Å². The van der Waals surface area contributed by atoms with Crippen LogP contribution in [0.1, 0.15) is 51.5 Å². The maximum atomic E-state index is 12.7. The largest absolute Gasteiger partial charge is 0.496 e. The number of carbonyl (C=O) groups is 1. The number of nitrogens with zero attached hydrogens (tertiary/aromatic N) is 1. The molecule has 1 N–H and O–H groups in total. The highest BCUT2D eigenvalue weighted by atomic mass is 35.5. The highest BCUT2D eigenvalue weighted by molar-refractivity contribution is 7.89. The number of sulfonamides is 1. The van der Waals surface area contributed by atoms with Gasteiger partial charge >= 0.3 is 0 Å². The van der Waals surface area contributed by atoms with E-state index in [-0.39, 0.29) is 40.0 Å². The molecule has 2 aromatic carbocycles. The summed E-state index contributed by atoms with van der Waals surface area (Å²) in [7, 11) is -1.63. The van der Waals surface area contributed by atoms with Crippen molar-refractivity contribution in [2.45, 2.75) is 46.0 Å². The van der Waals surface area contributed by atoms with Gasteiger partial charge in [-0.25, -0.2) is 12.7 Å². The summed E-state index contributed by atoms with van der Waals surface area (Å²) in [5.74, 6) is 1.67. The van der Waals surface area contributed by atoms with Crippen molar-refractivity contribution in [3.05, 3.63) is 45.9 Å². The number of hydrogen-bond donors (Lipinski definition) is 1. The second-order valence-corrected chi connectivity index (χ2v) is 12.0. The summed E-state index contributed by atoms with van der Waals surface area (Å²) in [5, 5.41) is 3.33. The van der Waals surface area contributed by atoms with Gasteiger partial charge < -0.3 is 14.8 Å². The zero-order valence-corrected chi connectivity index (χ0v) is 22.8. The maximum absolute atomic E-state index is 12.7. The summed E-state index contributed by atoms with van der Waals surface area (Å²) in [6.07, 6.45) is 1.76. The fourth-order valence-corrected chi connectivity index (χ4v) is 5.95. The molecule has 0 aromatic heterocycles. The lowest BCUT2D eigenvalue weighted by Crippen LogP contribution is -2.41. The molecular formula is C25H32Cl2N2O5S. The second-order valence-electron chi connectivity index (χ2n) is 8.95. The number of hydrogen-bond acceptors (Lipinski definition) is 5. The zero-order valence-electron chi connectivity index (χ0n) is 20.4. The Morgan fingerprint density at radius 1 is 1.20 bits per heavy atom. The summed E-state index contributed by atoms with van der Waals surface area (Å²) in [6, 6.07) is 8.67. The third-order valence-electron chi connectivity index (χ3n) is 6.04. The van der Waals surface area contributed by atoms with E-state index < -0.39 is 10.0 Å². The molecule has 1 atom stereocenters. The van der Waals surface area contributed by atoms with E-state index in [9.17, 15) is 13.2 Å². The van der Waals surface area contributed by atoms with Gasteiger partial charge in [0.1, 0.15) is 11.5 Å². The molecule has 0 spiro atoms. The van der Waals surface area contributed by atoms with Crippen LogP contribution in [0.15, 0.2) is 30.3 Å². The first-order valence-corrected chi connectivity index (χ1v) is 14.0. The number of piperidine rings is 1. The van der Waals surface area contributed by atoms with Crippen molar-refractivity contribution in [1.82, 2.24) is 4.31 Å². The highest BCUT2D eigenvalue weighted by Gasteiger charge is 2.29. The Hall–Kier alpha value is -2.00. The minimum absolute atomic E-state index is 0.0381. The van der Waals surface area contributed by atoms with Crippen LogP contribution in [-0.4, -0.2) is 44.6 Å². The summed E-state index contributed by atoms with van der Waals surface area (Å²) in [6.45, 7) is 6.62. The van der Waals surface area contributed by atoms with Gasteiger partial charge in [-0.1, -0.05) is 37.0 Å². The lowest BCUT2D eigenvalue weighted by atomic mass is 9.96. The number of amides is 1. The molecule has 0 aliphatic carbocycles. The molecule has 1 aliphatic rings. The predicted octanol–water partition coefficient (Wildman–Crippen LogP) is 6.31. The van der Waals surface area contributed by atoms with E-state index >= 15 is 0 Å².